The molecule has 2 rings (SSSR count). The first-order valence-corrected chi connectivity index (χ1v) is 9.09. The van der Waals surface area contributed by atoms with E-state index >= 15 is 0 Å². The van der Waals surface area contributed by atoms with Gasteiger partial charge in [-0.15, -0.1) is 0 Å². The van der Waals surface area contributed by atoms with Crippen molar-refractivity contribution in [2.75, 3.05) is 26.4 Å². The molecule has 0 N–H and O–H groups in total. The summed E-state index contributed by atoms with van der Waals surface area (Å²) in [5.74, 6) is -0.260. The lowest BCUT2D eigenvalue weighted by Gasteiger charge is -2.13. The highest BCUT2D eigenvalue weighted by Crippen LogP contribution is 2.20. The van der Waals surface area contributed by atoms with E-state index in [1.165, 1.54) is 43.0 Å². The van der Waals surface area contributed by atoms with Gasteiger partial charge in [-0.05, 0) is 18.6 Å². The van der Waals surface area contributed by atoms with Gasteiger partial charge >= 0.3 is 0 Å². The average molecular weight is 343 g/mol. The molecule has 1 fully saturated rings. The lowest BCUT2D eigenvalue weighted by molar-refractivity contribution is -0.140. The highest BCUT2D eigenvalue weighted by molar-refractivity contribution is 7.99. The molecule has 120 valence electrons. The van der Waals surface area contributed by atoms with Crippen LogP contribution in [0.5, 0.6) is 0 Å². The Bertz CT molecular complexity index is 671. The highest BCUT2D eigenvalue weighted by atomic mass is 32.2. The summed E-state index contributed by atoms with van der Waals surface area (Å²) < 4.78 is 24.9. The summed E-state index contributed by atoms with van der Waals surface area (Å²) in [6, 6.07) is 3.01. The molecule has 1 aliphatic heterocycles. The van der Waals surface area contributed by atoms with Gasteiger partial charge in [-0.3, -0.25) is 14.5 Å². The van der Waals surface area contributed by atoms with E-state index in [4.69, 9.17) is 0 Å². The molecule has 2 heterocycles. The molecule has 0 bridgehead atoms. The Hall–Kier alpha value is -1.45. The third-order valence-corrected chi connectivity index (χ3v) is 5.93. The molecule has 0 radical (unpaired) electrons. The summed E-state index contributed by atoms with van der Waals surface area (Å²) in [6.45, 7) is 0.478. The molecule has 7 nitrogen and oxygen atoms in total. The fourth-order valence-electron chi connectivity index (χ4n) is 1.94. The summed E-state index contributed by atoms with van der Waals surface area (Å²) in [6.07, 6.45) is 2.40. The molecule has 0 unspecified atom stereocenters. The van der Waals surface area contributed by atoms with Crippen molar-refractivity contribution in [1.29, 1.82) is 0 Å². The van der Waals surface area contributed by atoms with Gasteiger partial charge in [-0.2, -0.15) is 0 Å². The number of hydrogen-bond donors (Lipinski definition) is 0. The molecule has 22 heavy (non-hydrogen) atoms. The lowest BCUT2D eigenvalue weighted by atomic mass is 10.4. The van der Waals surface area contributed by atoms with Gasteiger partial charge < -0.3 is 0 Å². The zero-order valence-electron chi connectivity index (χ0n) is 12.4. The fourth-order valence-corrected chi connectivity index (χ4v) is 3.51. The van der Waals surface area contributed by atoms with Crippen molar-refractivity contribution >= 4 is 33.6 Å². The third-order valence-electron chi connectivity index (χ3n) is 3.21. The van der Waals surface area contributed by atoms with Gasteiger partial charge in [0, 0.05) is 33.3 Å². The number of carbonyl (C=O) groups excluding carboxylic acids is 2. The molecular formula is C13H17N3O4S2. The molecule has 1 saturated heterocycles. The van der Waals surface area contributed by atoms with Crippen molar-refractivity contribution in [2.45, 2.75) is 22.8 Å². The zero-order chi connectivity index (χ0) is 16.3. The minimum absolute atomic E-state index is 0.0999. The molecule has 0 saturated carbocycles. The van der Waals surface area contributed by atoms with Crippen LogP contribution < -0.4 is 0 Å². The maximum Gasteiger partial charge on any atom is 0.244 e. The molecule has 0 aliphatic carbocycles. The van der Waals surface area contributed by atoms with Crippen LogP contribution in [0.25, 0.3) is 0 Å². The number of rotatable bonds is 5. The third kappa shape index (κ3) is 3.65. The molecule has 1 aromatic rings. The van der Waals surface area contributed by atoms with E-state index in [2.05, 4.69) is 4.98 Å². The minimum Gasteiger partial charge on any atom is -0.282 e. The average Bonchev–Trinajstić information content (AvgIpc) is 2.91. The zero-order valence-corrected chi connectivity index (χ0v) is 14.0. The number of sulfonamides is 1. The SMILES string of the molecule is CN(C)S(=O)(=O)c1ccc(SCC(=O)N2CCCC2=O)nc1. The minimum atomic E-state index is -3.50. The van der Waals surface area contributed by atoms with Crippen LogP contribution in [-0.2, 0) is 19.6 Å². The molecule has 1 aromatic heterocycles. The van der Waals surface area contributed by atoms with Crippen molar-refractivity contribution in [3.8, 4) is 0 Å². The topological polar surface area (TPSA) is 87.7 Å². The maximum absolute atomic E-state index is 11.9. The number of imide groups is 1. The Kier molecular flexibility index (Phi) is 5.20. The van der Waals surface area contributed by atoms with Crippen LogP contribution >= 0.6 is 11.8 Å². The number of hydrogen-bond acceptors (Lipinski definition) is 6. The molecule has 1 aliphatic rings. The van der Waals surface area contributed by atoms with Crippen molar-refractivity contribution in [2.24, 2.45) is 0 Å². The smallest absolute Gasteiger partial charge is 0.244 e. The molecule has 9 heteroatoms. The number of pyridine rings is 1. The van der Waals surface area contributed by atoms with E-state index < -0.39 is 10.0 Å². The van der Waals surface area contributed by atoms with Gasteiger partial charge in [0.15, 0.2) is 0 Å². The van der Waals surface area contributed by atoms with Crippen molar-refractivity contribution < 1.29 is 18.0 Å². The summed E-state index contributed by atoms with van der Waals surface area (Å²) >= 11 is 1.18. The normalized spacial score (nSPS) is 15.6. The Morgan fingerprint density at radius 3 is 2.64 bits per heavy atom. The quantitative estimate of drug-likeness (QED) is 0.727. The van der Waals surface area contributed by atoms with Crippen molar-refractivity contribution in [1.82, 2.24) is 14.2 Å². The number of amides is 2. The highest BCUT2D eigenvalue weighted by Gasteiger charge is 2.26. The molecule has 0 spiro atoms. The van der Waals surface area contributed by atoms with Crippen LogP contribution in [0.2, 0.25) is 0 Å². The van der Waals surface area contributed by atoms with Crippen LogP contribution in [0, 0.1) is 0 Å². The summed E-state index contributed by atoms with van der Waals surface area (Å²) in [5.41, 5.74) is 0. The number of carbonyl (C=O) groups is 2. The largest absolute Gasteiger partial charge is 0.282 e. The van der Waals surface area contributed by atoms with E-state index in [0.29, 0.717) is 24.4 Å². The molecule has 0 atom stereocenters. The van der Waals surface area contributed by atoms with Crippen LogP contribution in [-0.4, -0.2) is 60.8 Å². The van der Waals surface area contributed by atoms with E-state index in [-0.39, 0.29) is 22.5 Å². The number of nitrogens with zero attached hydrogens (tertiary/aromatic N) is 3. The van der Waals surface area contributed by atoms with Gasteiger partial charge in [0.05, 0.1) is 10.8 Å². The first-order valence-electron chi connectivity index (χ1n) is 6.67. The van der Waals surface area contributed by atoms with Gasteiger partial charge in [-0.25, -0.2) is 17.7 Å². The van der Waals surface area contributed by atoms with Crippen LogP contribution in [0.3, 0.4) is 0 Å². The van der Waals surface area contributed by atoms with Crippen LogP contribution in [0.1, 0.15) is 12.8 Å². The van der Waals surface area contributed by atoms with Gasteiger partial charge in [0.2, 0.25) is 21.8 Å². The predicted molar refractivity (Wildman–Crippen MR) is 81.8 cm³/mol. The van der Waals surface area contributed by atoms with E-state index in [9.17, 15) is 18.0 Å². The maximum atomic E-state index is 11.9. The number of thioether (sulfide) groups is 1. The van der Waals surface area contributed by atoms with Gasteiger partial charge in [0.1, 0.15) is 4.90 Å². The van der Waals surface area contributed by atoms with E-state index in [1.807, 2.05) is 0 Å². The summed E-state index contributed by atoms with van der Waals surface area (Å²) in [7, 11) is -0.607. The lowest BCUT2D eigenvalue weighted by Crippen LogP contribution is -2.33. The van der Waals surface area contributed by atoms with Gasteiger partial charge in [0.25, 0.3) is 0 Å². The first kappa shape index (κ1) is 16.9. The van der Waals surface area contributed by atoms with Crippen LogP contribution in [0.15, 0.2) is 28.3 Å². The van der Waals surface area contributed by atoms with E-state index in [1.54, 1.807) is 6.07 Å². The summed E-state index contributed by atoms with van der Waals surface area (Å²) in [5, 5.41) is 0.540. The first-order chi connectivity index (χ1) is 10.3. The second kappa shape index (κ2) is 6.76. The Labute approximate surface area is 133 Å². The molecular weight excluding hydrogens is 326 g/mol. The Morgan fingerprint density at radius 2 is 2.14 bits per heavy atom. The summed E-state index contributed by atoms with van der Waals surface area (Å²) in [4.78, 5) is 28.8. The van der Waals surface area contributed by atoms with Gasteiger partial charge in [-0.1, -0.05) is 11.8 Å². The number of aromatic nitrogens is 1. The fraction of sp³-hybridized carbons (Fsp3) is 0.462. The Morgan fingerprint density at radius 1 is 1.41 bits per heavy atom. The second-order valence-corrected chi connectivity index (χ2v) is 8.10. The number of likely N-dealkylation sites (tertiary alicyclic amines) is 1. The predicted octanol–water partition coefficient (Wildman–Crippen LogP) is 0.573. The second-order valence-electron chi connectivity index (χ2n) is 4.95. The Balaban J connectivity index is 1.97. The van der Waals surface area contributed by atoms with Crippen LogP contribution in [0.4, 0.5) is 0 Å². The van der Waals surface area contributed by atoms with Crippen molar-refractivity contribution in [3.63, 3.8) is 0 Å². The monoisotopic (exact) mass is 343 g/mol. The standard InChI is InChI=1S/C13H17N3O4S2/c1-15(2)22(19,20)10-5-6-11(14-8-10)21-9-13(18)16-7-3-4-12(16)17/h5-6,8H,3-4,7,9H2,1-2H3. The van der Waals surface area contributed by atoms with Crippen molar-refractivity contribution in [3.05, 3.63) is 18.3 Å². The molecule has 0 aromatic carbocycles. The van der Waals surface area contributed by atoms with E-state index in [0.717, 1.165) is 4.31 Å². The molecule has 2 amide bonds.